The quantitative estimate of drug-likeness (QED) is 0.206. The van der Waals surface area contributed by atoms with Crippen LogP contribution in [0, 0.1) is 0 Å². The predicted molar refractivity (Wildman–Crippen MR) is 182 cm³/mol. The molecule has 6 aromatic rings. The molecule has 0 aliphatic heterocycles. The van der Waals surface area contributed by atoms with Gasteiger partial charge < -0.3 is 0 Å². The molecule has 0 unspecified atom stereocenters. The van der Waals surface area contributed by atoms with E-state index in [0.717, 1.165) is 39.1 Å². The summed E-state index contributed by atoms with van der Waals surface area (Å²) >= 11 is 0. The van der Waals surface area contributed by atoms with E-state index in [1.165, 1.54) is 11.1 Å². The molecule has 4 heteroatoms. The Morgan fingerprint density at radius 2 is 0.705 bits per heavy atom. The summed E-state index contributed by atoms with van der Waals surface area (Å²) in [6.07, 6.45) is 1.82. The zero-order chi connectivity index (χ0) is 30.9. The Hall–Kier alpha value is -4.96. The van der Waals surface area contributed by atoms with Crippen LogP contribution in [0.5, 0.6) is 0 Å². The summed E-state index contributed by atoms with van der Waals surface area (Å²) in [5.74, 6) is 1.99. The fraction of sp³-hybridized carbons (Fsp3) is 0.200. The van der Waals surface area contributed by atoms with E-state index >= 15 is 0 Å². The molecular formula is C40H38N4. The topological polar surface area (TPSA) is 51.6 Å². The van der Waals surface area contributed by atoms with Crippen LogP contribution in [-0.4, -0.2) is 19.9 Å². The molecule has 0 fully saturated rings. The van der Waals surface area contributed by atoms with Crippen LogP contribution in [0.2, 0.25) is 0 Å². The molecule has 0 saturated heterocycles. The molecule has 2 heterocycles. The van der Waals surface area contributed by atoms with Gasteiger partial charge in [-0.25, -0.2) is 15.0 Å². The van der Waals surface area contributed by atoms with E-state index in [2.05, 4.69) is 144 Å². The highest BCUT2D eigenvalue weighted by atomic mass is 15.0. The van der Waals surface area contributed by atoms with Crippen molar-refractivity contribution in [2.24, 2.45) is 0 Å². The van der Waals surface area contributed by atoms with Crippen LogP contribution in [0.4, 0.5) is 0 Å². The van der Waals surface area contributed by atoms with Gasteiger partial charge in [-0.15, -0.1) is 0 Å². The predicted octanol–water partition coefficient (Wildman–Crippen LogP) is 10.2. The Bertz CT molecular complexity index is 1780. The highest BCUT2D eigenvalue weighted by molar-refractivity contribution is 5.72. The van der Waals surface area contributed by atoms with Crippen molar-refractivity contribution < 1.29 is 0 Å². The molecule has 0 spiro atoms. The monoisotopic (exact) mass is 574 g/mol. The van der Waals surface area contributed by atoms with Crippen LogP contribution in [0.15, 0.2) is 121 Å². The first-order chi connectivity index (χ1) is 21.0. The summed E-state index contributed by atoms with van der Waals surface area (Å²) in [6.45, 7) is 13.3. The number of hydrogen-bond acceptors (Lipinski definition) is 4. The van der Waals surface area contributed by atoms with E-state index in [0.29, 0.717) is 17.5 Å². The van der Waals surface area contributed by atoms with Crippen LogP contribution < -0.4 is 0 Å². The molecule has 2 aromatic heterocycles. The van der Waals surface area contributed by atoms with Gasteiger partial charge in [0.05, 0.1) is 5.69 Å². The van der Waals surface area contributed by atoms with E-state index in [-0.39, 0.29) is 10.8 Å². The van der Waals surface area contributed by atoms with Gasteiger partial charge in [-0.1, -0.05) is 145 Å². The summed E-state index contributed by atoms with van der Waals surface area (Å²) in [5.41, 5.74) is 9.93. The van der Waals surface area contributed by atoms with Gasteiger partial charge in [0.15, 0.2) is 17.5 Å². The third kappa shape index (κ3) is 6.35. The summed E-state index contributed by atoms with van der Waals surface area (Å²) in [5, 5.41) is 0. The average molecular weight is 575 g/mol. The Labute approximate surface area is 261 Å². The van der Waals surface area contributed by atoms with Crippen LogP contribution in [0.1, 0.15) is 52.7 Å². The van der Waals surface area contributed by atoms with Crippen molar-refractivity contribution in [3.05, 3.63) is 133 Å². The normalized spacial score (nSPS) is 11.9. The fourth-order valence-electron chi connectivity index (χ4n) is 5.18. The molecule has 0 aliphatic carbocycles. The molecular weight excluding hydrogens is 536 g/mol. The van der Waals surface area contributed by atoms with Gasteiger partial charge in [0.2, 0.25) is 0 Å². The minimum atomic E-state index is 0.0727. The number of pyridine rings is 1. The maximum Gasteiger partial charge on any atom is 0.164 e. The first-order valence-electron chi connectivity index (χ1n) is 15.1. The highest BCUT2D eigenvalue weighted by Gasteiger charge is 2.17. The Kier molecular flexibility index (Phi) is 7.69. The van der Waals surface area contributed by atoms with Crippen molar-refractivity contribution in [3.63, 3.8) is 0 Å². The zero-order valence-electron chi connectivity index (χ0n) is 26.3. The first kappa shape index (κ1) is 29.1. The molecule has 44 heavy (non-hydrogen) atoms. The summed E-state index contributed by atoms with van der Waals surface area (Å²) in [6, 6.07) is 40.1. The molecule has 0 N–H and O–H groups in total. The Balaban J connectivity index is 1.36. The van der Waals surface area contributed by atoms with Gasteiger partial charge in [0, 0.05) is 28.5 Å². The largest absolute Gasteiger partial charge is 0.256 e. The van der Waals surface area contributed by atoms with Crippen molar-refractivity contribution in [1.82, 2.24) is 19.9 Å². The summed E-state index contributed by atoms with van der Waals surface area (Å²) < 4.78 is 0. The first-order valence-corrected chi connectivity index (χ1v) is 15.1. The molecule has 4 nitrogen and oxygen atoms in total. The van der Waals surface area contributed by atoms with E-state index < -0.39 is 0 Å². The smallest absolute Gasteiger partial charge is 0.164 e. The number of rotatable bonds is 5. The standard InChI is InChI=1S/C40H38N4/c1-39(2,3)33-22-18-31(19-23-33)37-42-36(43-38(44-37)32-20-24-34(25-21-32)40(4,5)6)30-16-12-28(13-17-30)27-10-14-29(15-11-27)35-9-7-8-26-41-35/h7-26H,1-6H3. The van der Waals surface area contributed by atoms with Crippen molar-refractivity contribution in [2.45, 2.75) is 52.4 Å². The molecule has 0 amide bonds. The molecule has 4 aromatic carbocycles. The number of aromatic nitrogens is 4. The van der Waals surface area contributed by atoms with Crippen LogP contribution in [0.25, 0.3) is 56.5 Å². The van der Waals surface area contributed by atoms with Crippen molar-refractivity contribution in [1.29, 1.82) is 0 Å². The van der Waals surface area contributed by atoms with Gasteiger partial charge >= 0.3 is 0 Å². The van der Waals surface area contributed by atoms with Crippen molar-refractivity contribution in [3.8, 4) is 56.5 Å². The average Bonchev–Trinajstić information content (AvgIpc) is 3.04. The molecule has 0 atom stereocenters. The Morgan fingerprint density at radius 3 is 1.05 bits per heavy atom. The lowest BCUT2D eigenvalue weighted by molar-refractivity contribution is 0.590. The lowest BCUT2D eigenvalue weighted by atomic mass is 9.86. The number of nitrogens with zero attached hydrogens (tertiary/aromatic N) is 4. The minimum absolute atomic E-state index is 0.0727. The lowest BCUT2D eigenvalue weighted by Gasteiger charge is -2.19. The number of hydrogen-bond donors (Lipinski definition) is 0. The van der Waals surface area contributed by atoms with Crippen LogP contribution in [0.3, 0.4) is 0 Å². The van der Waals surface area contributed by atoms with Gasteiger partial charge in [-0.3, -0.25) is 4.98 Å². The SMILES string of the molecule is CC(C)(C)c1ccc(-c2nc(-c3ccc(-c4ccc(-c5ccccn5)cc4)cc3)nc(-c3ccc(C(C)(C)C)cc3)n2)cc1. The van der Waals surface area contributed by atoms with Crippen molar-refractivity contribution >= 4 is 0 Å². The van der Waals surface area contributed by atoms with Gasteiger partial charge in [-0.2, -0.15) is 0 Å². The highest BCUT2D eigenvalue weighted by Crippen LogP contribution is 2.31. The minimum Gasteiger partial charge on any atom is -0.256 e. The summed E-state index contributed by atoms with van der Waals surface area (Å²) in [4.78, 5) is 19.4. The lowest BCUT2D eigenvalue weighted by Crippen LogP contribution is -2.10. The van der Waals surface area contributed by atoms with Gasteiger partial charge in [0.1, 0.15) is 0 Å². The van der Waals surface area contributed by atoms with E-state index in [1.807, 2.05) is 24.4 Å². The fourth-order valence-corrected chi connectivity index (χ4v) is 5.18. The second-order valence-electron chi connectivity index (χ2n) is 13.3. The maximum atomic E-state index is 4.97. The molecule has 0 radical (unpaired) electrons. The van der Waals surface area contributed by atoms with Gasteiger partial charge in [0.25, 0.3) is 0 Å². The second kappa shape index (κ2) is 11.6. The molecule has 0 bridgehead atoms. The van der Waals surface area contributed by atoms with Crippen LogP contribution in [-0.2, 0) is 10.8 Å². The van der Waals surface area contributed by atoms with E-state index in [4.69, 9.17) is 15.0 Å². The number of benzene rings is 4. The maximum absolute atomic E-state index is 4.97. The Morgan fingerprint density at radius 1 is 0.364 bits per heavy atom. The van der Waals surface area contributed by atoms with Crippen LogP contribution >= 0.6 is 0 Å². The third-order valence-corrected chi connectivity index (χ3v) is 7.98. The van der Waals surface area contributed by atoms with Gasteiger partial charge in [-0.05, 0) is 45.2 Å². The zero-order valence-corrected chi connectivity index (χ0v) is 26.3. The molecule has 218 valence electrons. The van der Waals surface area contributed by atoms with E-state index in [1.54, 1.807) is 0 Å². The van der Waals surface area contributed by atoms with E-state index in [9.17, 15) is 0 Å². The third-order valence-electron chi connectivity index (χ3n) is 7.98. The summed E-state index contributed by atoms with van der Waals surface area (Å²) in [7, 11) is 0. The van der Waals surface area contributed by atoms with Crippen molar-refractivity contribution in [2.75, 3.05) is 0 Å². The second-order valence-corrected chi connectivity index (χ2v) is 13.3. The molecule has 6 rings (SSSR count). The molecule has 0 aliphatic rings. The molecule has 0 saturated carbocycles.